The van der Waals surface area contributed by atoms with Crippen molar-refractivity contribution in [2.24, 2.45) is 11.7 Å². The molecule has 9 heteroatoms. The third-order valence-electron chi connectivity index (χ3n) is 5.29. The van der Waals surface area contributed by atoms with Crippen molar-refractivity contribution in [3.63, 3.8) is 0 Å². The van der Waals surface area contributed by atoms with Crippen LogP contribution in [-0.4, -0.2) is 62.4 Å². The molecule has 1 aliphatic carbocycles. The van der Waals surface area contributed by atoms with Crippen LogP contribution in [0.1, 0.15) is 59.3 Å². The van der Waals surface area contributed by atoms with Crippen LogP contribution in [0.4, 0.5) is 9.59 Å². The van der Waals surface area contributed by atoms with Crippen LogP contribution in [0.25, 0.3) is 0 Å². The first-order chi connectivity index (χ1) is 14.3. The predicted molar refractivity (Wildman–Crippen MR) is 125 cm³/mol. The first-order valence-electron chi connectivity index (χ1n) is 11.5. The molecule has 3 N–H and O–H groups in total. The normalized spacial score (nSPS) is 16.3. The third-order valence-corrected chi connectivity index (χ3v) is 6.99. The van der Waals surface area contributed by atoms with Crippen LogP contribution in [0.15, 0.2) is 0 Å². The van der Waals surface area contributed by atoms with E-state index in [0.29, 0.717) is 18.9 Å². The van der Waals surface area contributed by atoms with Crippen LogP contribution in [-0.2, 0) is 14.3 Å². The molecular weight excluding hydrogens is 414 g/mol. The molecule has 0 heterocycles. The lowest BCUT2D eigenvalue weighted by Gasteiger charge is -2.34. The number of nitrogens with one attached hydrogen (secondary N) is 1. The fourth-order valence-corrected chi connectivity index (χ4v) is 4.40. The number of primary amides is 1. The minimum absolute atomic E-state index is 0.182. The van der Waals surface area contributed by atoms with Crippen LogP contribution in [0, 0.1) is 5.92 Å². The van der Waals surface area contributed by atoms with Crippen LogP contribution < -0.4 is 11.1 Å². The number of carbonyl (C=O) groups excluding carboxylic acids is 3. The van der Waals surface area contributed by atoms with E-state index in [9.17, 15) is 14.4 Å². The van der Waals surface area contributed by atoms with Crippen LogP contribution in [0.3, 0.4) is 0 Å². The van der Waals surface area contributed by atoms with E-state index in [2.05, 4.69) is 25.0 Å². The molecule has 3 amide bonds. The van der Waals surface area contributed by atoms with E-state index in [1.54, 1.807) is 20.8 Å². The Morgan fingerprint density at radius 3 is 2.26 bits per heavy atom. The van der Waals surface area contributed by atoms with Crippen molar-refractivity contribution in [2.75, 3.05) is 19.7 Å². The largest absolute Gasteiger partial charge is 0.450 e. The number of ether oxygens (including phenoxy) is 2. The fraction of sp³-hybridized carbons (Fsp3) is 0.864. The molecule has 1 rings (SSSR count). The van der Waals surface area contributed by atoms with Crippen LogP contribution in [0.2, 0.25) is 25.7 Å². The second-order valence-corrected chi connectivity index (χ2v) is 16.4. The van der Waals surface area contributed by atoms with E-state index in [4.69, 9.17) is 15.2 Å². The van der Waals surface area contributed by atoms with Gasteiger partial charge in [0, 0.05) is 14.6 Å². The van der Waals surface area contributed by atoms with Crippen molar-refractivity contribution < 1.29 is 23.9 Å². The highest BCUT2D eigenvalue weighted by Gasteiger charge is 2.31. The number of alkyl carbamates (subject to hydrolysis) is 1. The van der Waals surface area contributed by atoms with Crippen molar-refractivity contribution in [3.8, 4) is 0 Å². The lowest BCUT2D eigenvalue weighted by atomic mass is 9.84. The van der Waals surface area contributed by atoms with E-state index < -0.39 is 31.8 Å². The molecule has 1 atom stereocenters. The number of hydrogen-bond donors (Lipinski definition) is 2. The minimum Gasteiger partial charge on any atom is -0.450 e. The number of nitrogens with zero attached hydrogens (tertiary/aromatic N) is 1. The van der Waals surface area contributed by atoms with Gasteiger partial charge in [-0.2, -0.15) is 0 Å². The molecule has 1 aliphatic rings. The van der Waals surface area contributed by atoms with Crippen molar-refractivity contribution in [1.29, 1.82) is 0 Å². The molecule has 1 fully saturated rings. The zero-order valence-electron chi connectivity index (χ0n) is 20.3. The van der Waals surface area contributed by atoms with E-state index >= 15 is 0 Å². The first kappa shape index (κ1) is 27.3. The van der Waals surface area contributed by atoms with Crippen molar-refractivity contribution in [2.45, 2.75) is 96.6 Å². The minimum atomic E-state index is -1.37. The van der Waals surface area contributed by atoms with Gasteiger partial charge in [0.1, 0.15) is 12.1 Å². The molecule has 0 aromatic carbocycles. The zero-order chi connectivity index (χ0) is 23.7. The summed E-state index contributed by atoms with van der Waals surface area (Å²) in [4.78, 5) is 38.2. The van der Waals surface area contributed by atoms with E-state index in [-0.39, 0.29) is 19.1 Å². The maximum atomic E-state index is 12.9. The molecule has 1 saturated carbocycles. The van der Waals surface area contributed by atoms with Gasteiger partial charge in [-0.25, -0.2) is 9.59 Å². The molecule has 0 unspecified atom stereocenters. The van der Waals surface area contributed by atoms with E-state index in [1.807, 2.05) is 0 Å². The SMILES string of the molecule is CC(C)(C)OC(=O)NC[C@H](CC1CCCCC1)N(CC(N)=O)C(=O)OCC[Si](C)(C)C. The summed E-state index contributed by atoms with van der Waals surface area (Å²) in [6, 6.07) is 0.453. The van der Waals surface area contributed by atoms with Crippen molar-refractivity contribution >= 4 is 26.2 Å². The Bertz CT molecular complexity index is 595. The maximum Gasteiger partial charge on any atom is 0.410 e. The summed E-state index contributed by atoms with van der Waals surface area (Å²) in [5.74, 6) is -0.169. The quantitative estimate of drug-likeness (QED) is 0.480. The smallest absolute Gasteiger partial charge is 0.410 e. The van der Waals surface area contributed by atoms with E-state index in [1.165, 1.54) is 11.3 Å². The third kappa shape index (κ3) is 12.6. The molecule has 0 aromatic heterocycles. The molecule has 8 nitrogen and oxygen atoms in total. The van der Waals surface area contributed by atoms with E-state index in [0.717, 1.165) is 31.7 Å². The summed E-state index contributed by atoms with van der Waals surface area (Å²) in [6.07, 6.45) is 5.29. The van der Waals surface area contributed by atoms with Gasteiger partial charge in [0.05, 0.1) is 12.6 Å². The fourth-order valence-electron chi connectivity index (χ4n) is 3.68. The highest BCUT2D eigenvalue weighted by atomic mass is 28.3. The molecule has 0 radical (unpaired) electrons. The standard InChI is InChI=1S/C22H43N3O5Si/c1-22(2,3)30-20(27)24-15-18(14-17-10-8-7-9-11-17)25(16-19(23)26)21(28)29-12-13-31(4,5)6/h17-18H,7-16H2,1-6H3,(H2,23,26)(H,24,27)/t18-/m0/s1. The number of hydrogen-bond acceptors (Lipinski definition) is 5. The number of nitrogens with two attached hydrogens (primary N) is 1. The monoisotopic (exact) mass is 457 g/mol. The van der Waals surface area contributed by atoms with Gasteiger partial charge < -0.3 is 20.5 Å². The molecule has 31 heavy (non-hydrogen) atoms. The number of amides is 3. The summed E-state index contributed by atoms with van der Waals surface area (Å²) in [5, 5.41) is 2.76. The summed E-state index contributed by atoms with van der Waals surface area (Å²) in [6.45, 7) is 12.3. The van der Waals surface area contributed by atoms with Gasteiger partial charge >= 0.3 is 12.2 Å². The van der Waals surface area contributed by atoms with Crippen LogP contribution in [0.5, 0.6) is 0 Å². The Kier molecular flexibility index (Phi) is 10.8. The second-order valence-electron chi connectivity index (χ2n) is 10.8. The summed E-state index contributed by atoms with van der Waals surface area (Å²) < 4.78 is 10.8. The molecule has 0 aromatic rings. The highest BCUT2D eigenvalue weighted by molar-refractivity contribution is 6.76. The van der Waals surface area contributed by atoms with Gasteiger partial charge in [0.15, 0.2) is 0 Å². The first-order valence-corrected chi connectivity index (χ1v) is 15.2. The van der Waals surface area contributed by atoms with Gasteiger partial charge in [-0.15, -0.1) is 0 Å². The Morgan fingerprint density at radius 2 is 1.74 bits per heavy atom. The number of carbonyl (C=O) groups is 3. The van der Waals surface area contributed by atoms with Crippen LogP contribution >= 0.6 is 0 Å². The Morgan fingerprint density at radius 1 is 1.13 bits per heavy atom. The average Bonchev–Trinajstić information content (AvgIpc) is 2.61. The van der Waals surface area contributed by atoms with Crippen molar-refractivity contribution in [1.82, 2.24) is 10.2 Å². The van der Waals surface area contributed by atoms with Gasteiger partial charge in [-0.3, -0.25) is 9.69 Å². The maximum absolute atomic E-state index is 12.9. The Hall–Kier alpha value is -1.77. The predicted octanol–water partition coefficient (Wildman–Crippen LogP) is 4.11. The molecule has 0 bridgehead atoms. The highest BCUT2D eigenvalue weighted by Crippen LogP contribution is 2.29. The average molecular weight is 458 g/mol. The van der Waals surface area contributed by atoms with Gasteiger partial charge in [0.25, 0.3) is 0 Å². The Labute approximate surface area is 188 Å². The second kappa shape index (κ2) is 12.3. The zero-order valence-corrected chi connectivity index (χ0v) is 21.3. The molecule has 180 valence electrons. The topological polar surface area (TPSA) is 111 Å². The molecule has 0 spiro atoms. The molecular formula is C22H43N3O5Si. The Balaban J connectivity index is 2.90. The summed E-state index contributed by atoms with van der Waals surface area (Å²) in [5.41, 5.74) is 4.83. The summed E-state index contributed by atoms with van der Waals surface area (Å²) >= 11 is 0. The van der Waals surface area contributed by atoms with Gasteiger partial charge in [-0.1, -0.05) is 51.7 Å². The lowest BCUT2D eigenvalue weighted by Crippen LogP contribution is -2.51. The molecule has 0 aliphatic heterocycles. The molecule has 0 saturated heterocycles. The van der Waals surface area contributed by atoms with Gasteiger partial charge in [-0.05, 0) is 39.2 Å². The summed E-state index contributed by atoms with van der Waals surface area (Å²) in [7, 11) is -1.37. The lowest BCUT2D eigenvalue weighted by molar-refractivity contribution is -0.119. The van der Waals surface area contributed by atoms with Crippen molar-refractivity contribution in [3.05, 3.63) is 0 Å². The van der Waals surface area contributed by atoms with Gasteiger partial charge in [0.2, 0.25) is 5.91 Å². The number of rotatable bonds is 10.